The van der Waals surface area contributed by atoms with Gasteiger partial charge >= 0.3 is 0 Å². The molecule has 2 aliphatic heterocycles. The molecular weight excluding hydrogens is 579 g/mol. The van der Waals surface area contributed by atoms with Crippen LogP contribution in [-0.2, 0) is 22.4 Å². The maximum absolute atomic E-state index is 11.4. The summed E-state index contributed by atoms with van der Waals surface area (Å²) in [6, 6.07) is -0.948. The molecule has 7 N–H and O–H groups in total. The van der Waals surface area contributed by atoms with Gasteiger partial charge in [-0.2, -0.15) is 4.98 Å². The van der Waals surface area contributed by atoms with Crippen molar-refractivity contribution in [2.24, 2.45) is 29.0 Å². The molecule has 0 aliphatic carbocycles. The van der Waals surface area contributed by atoms with E-state index in [1.54, 1.807) is 23.5 Å². The number of amides is 2. The van der Waals surface area contributed by atoms with Gasteiger partial charge in [-0.25, -0.2) is 15.0 Å². The summed E-state index contributed by atoms with van der Waals surface area (Å²) >= 11 is 20.7. The lowest BCUT2D eigenvalue weighted by atomic mass is 10.0. The molecule has 4 heterocycles. The van der Waals surface area contributed by atoms with Crippen molar-refractivity contribution < 1.29 is 9.59 Å². The second kappa shape index (κ2) is 14.5. The zero-order valence-electron chi connectivity index (χ0n) is 20.9. The number of hydrogen-bond donors (Lipinski definition) is 4. The molecule has 0 radical (unpaired) electrons. The van der Waals surface area contributed by atoms with Crippen molar-refractivity contribution >= 4 is 76.0 Å². The van der Waals surface area contributed by atoms with Gasteiger partial charge in [-0.05, 0) is 35.0 Å². The van der Waals surface area contributed by atoms with E-state index in [9.17, 15) is 9.59 Å². The highest BCUT2D eigenvalue weighted by molar-refractivity contribution is 8.00. The number of aromatic nitrogens is 4. The summed E-state index contributed by atoms with van der Waals surface area (Å²) in [5.41, 5.74) is 17.5. The Kier molecular flexibility index (Phi) is 12.4. The number of hydrogen-bond acceptors (Lipinski definition) is 10. The second-order valence-electron chi connectivity index (χ2n) is 8.81. The first-order valence-corrected chi connectivity index (χ1v) is 14.6. The number of primary amides is 2. The fourth-order valence-corrected chi connectivity index (χ4v) is 5.98. The predicted molar refractivity (Wildman–Crippen MR) is 151 cm³/mol. The third-order valence-electron chi connectivity index (χ3n) is 5.26. The first-order valence-electron chi connectivity index (χ1n) is 11.5. The van der Waals surface area contributed by atoms with E-state index in [2.05, 4.69) is 25.3 Å². The van der Waals surface area contributed by atoms with Crippen molar-refractivity contribution in [1.29, 1.82) is 0 Å². The van der Waals surface area contributed by atoms with Gasteiger partial charge in [-0.15, -0.1) is 23.5 Å². The summed E-state index contributed by atoms with van der Waals surface area (Å²) in [5.74, 6) is 2.01. The van der Waals surface area contributed by atoms with Crippen LogP contribution in [0.15, 0.2) is 9.79 Å². The molecule has 15 heteroatoms. The van der Waals surface area contributed by atoms with Crippen LogP contribution in [-0.4, -0.2) is 55.3 Å². The Morgan fingerprint density at radius 2 is 1.32 bits per heavy atom. The minimum Gasteiger partial charge on any atom is -0.368 e. The highest BCUT2D eigenvalue weighted by atomic mass is 35.5. The van der Waals surface area contributed by atoms with Crippen LogP contribution in [0.1, 0.15) is 39.1 Å². The fourth-order valence-electron chi connectivity index (χ4n) is 3.18. The van der Waals surface area contributed by atoms with Gasteiger partial charge in [0.2, 0.25) is 22.4 Å². The molecule has 0 saturated carbocycles. The van der Waals surface area contributed by atoms with Crippen LogP contribution < -0.4 is 22.5 Å². The highest BCUT2D eigenvalue weighted by Crippen LogP contribution is 2.37. The standard InChI is InChI=1S/C11H15ClN4OS.C6H4Cl2N2S.C5H12N2O/c1-5(2)7(9(13)17)15-10-8-6(3-4-18-8)14-11(12)16-10;7-5-4-3(1-2-11-4)9-6(8)10-5;1-3(2)4(6)5(7)8/h5,7H,3-4H2,1-2H3,(H2,13,17)(H,14,15,16);1-2H2;3-4H,6H2,1-2H3,(H2,7,8)/t7-;;4-/m1.1/s1. The van der Waals surface area contributed by atoms with E-state index in [1.807, 2.05) is 27.7 Å². The molecule has 204 valence electrons. The molecule has 2 aromatic heterocycles. The number of rotatable bonds is 6. The van der Waals surface area contributed by atoms with Crippen molar-refractivity contribution in [3.8, 4) is 0 Å². The van der Waals surface area contributed by atoms with E-state index in [4.69, 9.17) is 52.0 Å². The van der Waals surface area contributed by atoms with E-state index in [0.29, 0.717) is 11.0 Å². The van der Waals surface area contributed by atoms with Crippen molar-refractivity contribution in [1.82, 2.24) is 19.9 Å². The largest absolute Gasteiger partial charge is 0.368 e. The number of halogens is 3. The normalized spacial score (nSPS) is 15.1. The Hall–Kier alpha value is -1.57. The Morgan fingerprint density at radius 3 is 1.78 bits per heavy atom. The lowest BCUT2D eigenvalue weighted by molar-refractivity contribution is -0.120. The number of carbonyl (C=O) groups is 2. The van der Waals surface area contributed by atoms with Crippen LogP contribution in [0.25, 0.3) is 0 Å². The zero-order valence-corrected chi connectivity index (χ0v) is 24.8. The number of aryl methyl sites for hydroxylation is 2. The summed E-state index contributed by atoms with van der Waals surface area (Å²) in [6.45, 7) is 7.57. The summed E-state index contributed by atoms with van der Waals surface area (Å²) in [7, 11) is 0. The van der Waals surface area contributed by atoms with Gasteiger partial charge < -0.3 is 22.5 Å². The Balaban J connectivity index is 0.000000216. The van der Waals surface area contributed by atoms with Gasteiger partial charge in [-0.1, -0.05) is 39.3 Å². The van der Waals surface area contributed by atoms with Gasteiger partial charge in [0.25, 0.3) is 0 Å². The molecule has 10 nitrogen and oxygen atoms in total. The van der Waals surface area contributed by atoms with Crippen molar-refractivity contribution in [2.45, 2.75) is 62.4 Å². The molecule has 4 rings (SSSR count). The number of anilines is 1. The quantitative estimate of drug-likeness (QED) is 0.280. The van der Waals surface area contributed by atoms with Gasteiger partial charge in [0.15, 0.2) is 0 Å². The van der Waals surface area contributed by atoms with Crippen LogP contribution in [0.2, 0.25) is 15.7 Å². The molecule has 0 fully saturated rings. The number of carbonyl (C=O) groups excluding carboxylic acids is 2. The maximum Gasteiger partial charge on any atom is 0.240 e. The minimum absolute atomic E-state index is 0.0818. The van der Waals surface area contributed by atoms with Crippen LogP contribution >= 0.6 is 58.3 Å². The second-order valence-corrected chi connectivity index (χ2v) is 12.1. The predicted octanol–water partition coefficient (Wildman–Crippen LogP) is 3.59. The van der Waals surface area contributed by atoms with Gasteiger partial charge in [-0.3, -0.25) is 9.59 Å². The lowest BCUT2D eigenvalue weighted by Crippen LogP contribution is -2.40. The molecule has 2 aliphatic rings. The summed E-state index contributed by atoms with van der Waals surface area (Å²) < 4.78 is 0. The van der Waals surface area contributed by atoms with Crippen LogP contribution in [0.5, 0.6) is 0 Å². The lowest BCUT2D eigenvalue weighted by Gasteiger charge is -2.20. The summed E-state index contributed by atoms with van der Waals surface area (Å²) in [6.07, 6.45) is 1.82. The average Bonchev–Trinajstić information content (AvgIpc) is 3.46. The molecule has 0 saturated heterocycles. The smallest absolute Gasteiger partial charge is 0.240 e. The molecule has 0 spiro atoms. The molecule has 0 aromatic carbocycles. The van der Waals surface area contributed by atoms with Crippen molar-refractivity contribution in [2.75, 3.05) is 16.8 Å². The van der Waals surface area contributed by atoms with E-state index in [1.165, 1.54) is 0 Å². The summed E-state index contributed by atoms with van der Waals surface area (Å²) in [4.78, 5) is 39.9. The third-order valence-corrected chi connectivity index (χ3v) is 8.23. The molecule has 37 heavy (non-hydrogen) atoms. The molecule has 2 amide bonds. The van der Waals surface area contributed by atoms with E-state index < -0.39 is 23.9 Å². The van der Waals surface area contributed by atoms with Crippen LogP contribution in [0.4, 0.5) is 5.82 Å². The Bertz CT molecular complexity index is 1120. The first kappa shape index (κ1) is 31.6. The van der Waals surface area contributed by atoms with Crippen LogP contribution in [0, 0.1) is 11.8 Å². The van der Waals surface area contributed by atoms with E-state index in [0.717, 1.165) is 45.5 Å². The number of thioether (sulfide) groups is 2. The van der Waals surface area contributed by atoms with Gasteiger partial charge in [0.1, 0.15) is 17.0 Å². The van der Waals surface area contributed by atoms with Gasteiger partial charge in [0, 0.05) is 24.3 Å². The Labute approximate surface area is 240 Å². The SMILES string of the molecule is CC(C)[C@@H](N)C(N)=O.CC(C)[C@@H](Nc1nc(Cl)nc2c1SCC2)C(N)=O.Clc1nc(Cl)c2c(n1)CCS2. The van der Waals surface area contributed by atoms with Crippen molar-refractivity contribution in [3.63, 3.8) is 0 Å². The fraction of sp³-hybridized carbons (Fsp3) is 0.545. The average molecular weight is 610 g/mol. The molecule has 2 aromatic rings. The van der Waals surface area contributed by atoms with E-state index >= 15 is 0 Å². The minimum atomic E-state index is -0.491. The molecule has 0 bridgehead atoms. The molecular formula is C22H31Cl3N8O2S2. The zero-order chi connectivity index (χ0) is 27.9. The van der Waals surface area contributed by atoms with Gasteiger partial charge in [0.05, 0.1) is 27.2 Å². The van der Waals surface area contributed by atoms with Crippen LogP contribution in [0.3, 0.4) is 0 Å². The number of nitrogens with zero attached hydrogens (tertiary/aromatic N) is 4. The number of nitrogens with one attached hydrogen (secondary N) is 1. The van der Waals surface area contributed by atoms with E-state index in [-0.39, 0.29) is 22.4 Å². The topological polar surface area (TPSA) is 176 Å². The Morgan fingerprint density at radius 1 is 0.811 bits per heavy atom. The number of fused-ring (bicyclic) bond motifs is 2. The summed E-state index contributed by atoms with van der Waals surface area (Å²) in [5, 5.41) is 4.02. The first-order chi connectivity index (χ1) is 17.3. The van der Waals surface area contributed by atoms with Crippen molar-refractivity contribution in [3.05, 3.63) is 27.1 Å². The third kappa shape index (κ3) is 9.29. The molecule has 0 unspecified atom stereocenters. The highest BCUT2D eigenvalue weighted by Gasteiger charge is 2.25. The molecule has 2 atom stereocenters. The monoisotopic (exact) mass is 608 g/mol. The number of nitrogens with two attached hydrogens (primary N) is 3. The maximum atomic E-state index is 11.4.